The van der Waals surface area contributed by atoms with Crippen molar-refractivity contribution in [2.24, 2.45) is 0 Å². The molecule has 3 aromatic rings. The minimum atomic E-state index is -0.467. The summed E-state index contributed by atoms with van der Waals surface area (Å²) in [7, 11) is 1.66. The average molecular weight is 355 g/mol. The van der Waals surface area contributed by atoms with Gasteiger partial charge in [-0.2, -0.15) is 0 Å². The van der Waals surface area contributed by atoms with E-state index >= 15 is 0 Å². The summed E-state index contributed by atoms with van der Waals surface area (Å²) in [5.74, 6) is -0.00673. The van der Waals surface area contributed by atoms with Crippen LogP contribution in [0.5, 0.6) is 0 Å². The lowest BCUT2D eigenvalue weighted by molar-refractivity contribution is 0.0794. The van der Waals surface area contributed by atoms with Crippen molar-refractivity contribution in [1.29, 1.82) is 0 Å². The first-order valence-corrected chi connectivity index (χ1v) is 8.60. The standard InChI is InChI=1S/C17H17N5O2S/c1-11-20-14(10-25-11)15-19-9-13(16(23)21-15)17(24)22(2)8-6-12-5-3-4-7-18-12/h3-5,7,9-10H,6,8H2,1-2H3,(H,19,21,23). The number of aromatic nitrogens is 4. The van der Waals surface area contributed by atoms with Gasteiger partial charge in [0.2, 0.25) is 0 Å². The molecule has 0 radical (unpaired) electrons. The number of rotatable bonds is 5. The molecule has 3 heterocycles. The number of pyridine rings is 1. The number of H-pyrrole nitrogens is 1. The molecule has 0 spiro atoms. The van der Waals surface area contributed by atoms with Crippen molar-refractivity contribution < 1.29 is 4.79 Å². The van der Waals surface area contributed by atoms with Gasteiger partial charge in [-0.15, -0.1) is 11.3 Å². The molecular formula is C17H17N5O2S. The van der Waals surface area contributed by atoms with Crippen LogP contribution in [-0.4, -0.2) is 44.3 Å². The maximum atomic E-state index is 12.5. The lowest BCUT2D eigenvalue weighted by atomic mass is 10.2. The van der Waals surface area contributed by atoms with Gasteiger partial charge in [0.15, 0.2) is 5.82 Å². The summed E-state index contributed by atoms with van der Waals surface area (Å²) in [6.07, 6.45) is 3.64. The molecule has 0 saturated heterocycles. The Bertz CT molecular complexity index is 935. The fourth-order valence-electron chi connectivity index (χ4n) is 2.29. The van der Waals surface area contributed by atoms with Crippen LogP contribution < -0.4 is 5.56 Å². The molecule has 1 amide bonds. The van der Waals surface area contributed by atoms with Gasteiger partial charge in [-0.05, 0) is 19.1 Å². The molecule has 3 aromatic heterocycles. The third-order valence-electron chi connectivity index (χ3n) is 3.67. The van der Waals surface area contributed by atoms with Crippen LogP contribution in [0.2, 0.25) is 0 Å². The number of amides is 1. The Labute approximate surface area is 148 Å². The fraction of sp³-hybridized carbons (Fsp3) is 0.235. The number of hydrogen-bond donors (Lipinski definition) is 1. The van der Waals surface area contributed by atoms with E-state index in [2.05, 4.69) is 19.9 Å². The second kappa shape index (κ2) is 7.35. The minimum absolute atomic E-state index is 0.0132. The van der Waals surface area contributed by atoms with Gasteiger partial charge in [-0.25, -0.2) is 9.97 Å². The highest BCUT2D eigenvalue weighted by Gasteiger charge is 2.17. The quantitative estimate of drug-likeness (QED) is 0.755. The number of aryl methyl sites for hydroxylation is 1. The van der Waals surface area contributed by atoms with E-state index in [1.54, 1.807) is 13.2 Å². The van der Waals surface area contributed by atoms with E-state index < -0.39 is 5.56 Å². The number of carbonyl (C=O) groups excluding carboxylic acids is 1. The van der Waals surface area contributed by atoms with Crippen LogP contribution in [0.4, 0.5) is 0 Å². The Morgan fingerprint density at radius 1 is 1.32 bits per heavy atom. The van der Waals surface area contributed by atoms with Crippen molar-refractivity contribution in [3.63, 3.8) is 0 Å². The first-order valence-electron chi connectivity index (χ1n) is 7.72. The van der Waals surface area contributed by atoms with Gasteiger partial charge in [0.1, 0.15) is 11.3 Å². The molecule has 25 heavy (non-hydrogen) atoms. The van der Waals surface area contributed by atoms with Gasteiger partial charge in [0.25, 0.3) is 11.5 Å². The third-order valence-corrected chi connectivity index (χ3v) is 4.44. The smallest absolute Gasteiger partial charge is 0.264 e. The molecule has 0 bridgehead atoms. The van der Waals surface area contributed by atoms with Crippen LogP contribution in [0.3, 0.4) is 0 Å². The molecule has 128 valence electrons. The lowest BCUT2D eigenvalue weighted by Crippen LogP contribution is -2.33. The van der Waals surface area contributed by atoms with Crippen molar-refractivity contribution in [2.45, 2.75) is 13.3 Å². The molecule has 0 aliphatic heterocycles. The van der Waals surface area contributed by atoms with Crippen LogP contribution in [0.25, 0.3) is 11.5 Å². The van der Waals surface area contributed by atoms with Crippen molar-refractivity contribution in [3.8, 4) is 11.5 Å². The van der Waals surface area contributed by atoms with Gasteiger partial charge in [0.05, 0.1) is 5.01 Å². The van der Waals surface area contributed by atoms with E-state index in [9.17, 15) is 9.59 Å². The number of thiazole rings is 1. The van der Waals surface area contributed by atoms with Gasteiger partial charge in [-0.1, -0.05) is 6.07 Å². The van der Waals surface area contributed by atoms with Gasteiger partial charge in [-0.3, -0.25) is 14.6 Å². The summed E-state index contributed by atoms with van der Waals surface area (Å²) in [5, 5.41) is 2.70. The number of nitrogens with one attached hydrogen (secondary N) is 1. The van der Waals surface area contributed by atoms with Crippen LogP contribution >= 0.6 is 11.3 Å². The largest absolute Gasteiger partial charge is 0.341 e. The van der Waals surface area contributed by atoms with Gasteiger partial charge < -0.3 is 9.88 Å². The maximum absolute atomic E-state index is 12.5. The van der Waals surface area contributed by atoms with Crippen molar-refractivity contribution in [2.75, 3.05) is 13.6 Å². The molecule has 8 heteroatoms. The van der Waals surface area contributed by atoms with Crippen molar-refractivity contribution in [1.82, 2.24) is 24.8 Å². The molecule has 0 aromatic carbocycles. The minimum Gasteiger partial charge on any atom is -0.341 e. The van der Waals surface area contributed by atoms with Crippen molar-refractivity contribution in [3.05, 3.63) is 62.6 Å². The molecule has 0 fully saturated rings. The second-order valence-electron chi connectivity index (χ2n) is 5.52. The average Bonchev–Trinajstić information content (AvgIpc) is 3.06. The van der Waals surface area contributed by atoms with E-state index in [1.807, 2.05) is 30.5 Å². The molecule has 0 saturated carbocycles. The summed E-state index contributed by atoms with van der Waals surface area (Å²) in [6.45, 7) is 2.34. The van der Waals surface area contributed by atoms with E-state index in [4.69, 9.17) is 0 Å². The Hall–Kier alpha value is -2.87. The molecule has 1 N–H and O–H groups in total. The summed E-state index contributed by atoms with van der Waals surface area (Å²) in [6, 6.07) is 5.64. The molecule has 0 aliphatic carbocycles. The summed E-state index contributed by atoms with van der Waals surface area (Å²) in [4.78, 5) is 41.5. The van der Waals surface area contributed by atoms with Crippen molar-refractivity contribution >= 4 is 17.2 Å². The Kier molecular flexibility index (Phi) is 4.99. The van der Waals surface area contributed by atoms with E-state index in [0.29, 0.717) is 24.5 Å². The normalized spacial score (nSPS) is 10.6. The van der Waals surface area contributed by atoms with Gasteiger partial charge >= 0.3 is 0 Å². The molecule has 3 rings (SSSR count). The topological polar surface area (TPSA) is 91.8 Å². The van der Waals surface area contributed by atoms with Crippen LogP contribution in [-0.2, 0) is 6.42 Å². The first-order chi connectivity index (χ1) is 12.0. The third kappa shape index (κ3) is 3.97. The zero-order valence-electron chi connectivity index (χ0n) is 13.9. The first kappa shape index (κ1) is 17.0. The highest BCUT2D eigenvalue weighted by atomic mass is 32.1. The zero-order valence-corrected chi connectivity index (χ0v) is 14.7. The lowest BCUT2D eigenvalue weighted by Gasteiger charge is -2.16. The molecular weight excluding hydrogens is 338 g/mol. The van der Waals surface area contributed by atoms with E-state index in [0.717, 1.165) is 10.7 Å². The number of nitrogens with zero attached hydrogens (tertiary/aromatic N) is 4. The fourth-order valence-corrected chi connectivity index (χ4v) is 2.88. The Balaban J connectivity index is 1.72. The Morgan fingerprint density at radius 2 is 2.16 bits per heavy atom. The predicted octanol–water partition coefficient (Wildman–Crippen LogP) is 1.91. The summed E-state index contributed by atoms with van der Waals surface area (Å²) < 4.78 is 0. The highest BCUT2D eigenvalue weighted by Crippen LogP contribution is 2.16. The molecule has 7 nitrogen and oxygen atoms in total. The maximum Gasteiger partial charge on any atom is 0.264 e. The number of aromatic amines is 1. The predicted molar refractivity (Wildman–Crippen MR) is 95.6 cm³/mol. The van der Waals surface area contributed by atoms with Crippen LogP contribution in [0.1, 0.15) is 21.1 Å². The number of hydrogen-bond acceptors (Lipinski definition) is 6. The summed E-state index contributed by atoms with van der Waals surface area (Å²) in [5.41, 5.74) is 1.04. The SMILES string of the molecule is Cc1nc(-c2ncc(C(=O)N(C)CCc3ccccn3)c(=O)[nH]2)cs1. The summed E-state index contributed by atoms with van der Waals surface area (Å²) >= 11 is 1.47. The molecule has 0 atom stereocenters. The van der Waals surface area contributed by atoms with Crippen LogP contribution in [0.15, 0.2) is 40.8 Å². The van der Waals surface area contributed by atoms with Crippen LogP contribution in [0, 0.1) is 6.92 Å². The van der Waals surface area contributed by atoms with E-state index in [1.165, 1.54) is 22.4 Å². The monoisotopic (exact) mass is 355 g/mol. The van der Waals surface area contributed by atoms with Gasteiger partial charge in [0, 0.05) is 43.5 Å². The number of likely N-dealkylation sites (N-methyl/N-ethyl adjacent to an activating group) is 1. The highest BCUT2D eigenvalue weighted by molar-refractivity contribution is 7.09. The Morgan fingerprint density at radius 3 is 2.80 bits per heavy atom. The molecule has 0 aliphatic rings. The number of carbonyl (C=O) groups is 1. The molecule has 0 unspecified atom stereocenters. The van der Waals surface area contributed by atoms with E-state index in [-0.39, 0.29) is 11.5 Å². The zero-order chi connectivity index (χ0) is 17.8. The second-order valence-corrected chi connectivity index (χ2v) is 6.59.